The minimum atomic E-state index is -0.248. The molecule has 0 spiro atoms. The average Bonchev–Trinajstić information content (AvgIpc) is 3.03. The van der Waals surface area contributed by atoms with Crippen molar-refractivity contribution in [3.05, 3.63) is 77.5 Å². The molecule has 0 bridgehead atoms. The van der Waals surface area contributed by atoms with Crippen molar-refractivity contribution in [2.24, 2.45) is 0 Å². The van der Waals surface area contributed by atoms with Gasteiger partial charge in [-0.3, -0.25) is 0 Å². The fraction of sp³-hybridized carbons (Fsp3) is 0.227. The highest BCUT2D eigenvalue weighted by Gasteiger charge is 2.11. The first kappa shape index (κ1) is 17.0. The minimum absolute atomic E-state index is 0.248. The molecule has 0 radical (unpaired) electrons. The molecular weight excluding hydrogens is 310 g/mol. The Morgan fingerprint density at radius 3 is 2.52 bits per heavy atom. The maximum Gasteiger partial charge on any atom is 0.333 e. The van der Waals surface area contributed by atoms with Crippen LogP contribution in [0.2, 0.25) is 0 Å². The van der Waals surface area contributed by atoms with Crippen molar-refractivity contribution in [3.63, 3.8) is 0 Å². The molecule has 3 heteroatoms. The summed E-state index contributed by atoms with van der Waals surface area (Å²) >= 11 is 0. The predicted molar refractivity (Wildman–Crippen MR) is 102 cm³/mol. The van der Waals surface area contributed by atoms with Crippen LogP contribution in [0.1, 0.15) is 31.9 Å². The second kappa shape index (κ2) is 7.39. The molecule has 3 nitrogen and oxygen atoms in total. The van der Waals surface area contributed by atoms with Crippen LogP contribution >= 0.6 is 0 Å². The lowest BCUT2D eigenvalue weighted by Gasteiger charge is -2.09. The van der Waals surface area contributed by atoms with E-state index in [0.717, 1.165) is 17.7 Å². The zero-order valence-corrected chi connectivity index (χ0v) is 15.0. The van der Waals surface area contributed by atoms with Crippen LogP contribution in [0.4, 0.5) is 0 Å². The van der Waals surface area contributed by atoms with Crippen LogP contribution in [-0.4, -0.2) is 17.1 Å². The monoisotopic (exact) mass is 333 g/mol. The normalized spacial score (nSPS) is 12.1. The first-order valence-electron chi connectivity index (χ1n) is 8.58. The molecule has 1 heterocycles. The lowest BCUT2D eigenvalue weighted by Crippen LogP contribution is -2.06. The topological polar surface area (TPSA) is 31.2 Å². The second-order valence-electron chi connectivity index (χ2n) is 6.17. The van der Waals surface area contributed by atoms with E-state index in [4.69, 9.17) is 4.74 Å². The smallest absolute Gasteiger partial charge is 0.333 e. The summed E-state index contributed by atoms with van der Waals surface area (Å²) in [5, 5.41) is 1.17. The van der Waals surface area contributed by atoms with Crippen molar-refractivity contribution < 1.29 is 9.53 Å². The van der Waals surface area contributed by atoms with Crippen LogP contribution in [0.3, 0.4) is 0 Å². The van der Waals surface area contributed by atoms with E-state index in [9.17, 15) is 4.79 Å². The van der Waals surface area contributed by atoms with E-state index in [1.165, 1.54) is 16.5 Å². The molecule has 1 aromatic heterocycles. The number of benzene rings is 2. The summed E-state index contributed by atoms with van der Waals surface area (Å²) in [4.78, 5) is 11.9. The number of ether oxygens (including phenoxy) is 1. The van der Waals surface area contributed by atoms with Gasteiger partial charge < -0.3 is 9.30 Å². The predicted octanol–water partition coefficient (Wildman–Crippen LogP) is 5.05. The van der Waals surface area contributed by atoms with E-state index >= 15 is 0 Å². The highest BCUT2D eigenvalue weighted by atomic mass is 16.5. The van der Waals surface area contributed by atoms with Crippen LogP contribution < -0.4 is 0 Å². The Morgan fingerprint density at radius 2 is 1.80 bits per heavy atom. The van der Waals surface area contributed by atoms with Crippen LogP contribution in [0.5, 0.6) is 0 Å². The fourth-order valence-corrected chi connectivity index (χ4v) is 2.96. The van der Waals surface area contributed by atoms with Gasteiger partial charge in [-0.15, -0.1) is 0 Å². The highest BCUT2D eigenvalue weighted by Crippen LogP contribution is 2.25. The van der Waals surface area contributed by atoms with Crippen LogP contribution in [-0.2, 0) is 16.1 Å². The van der Waals surface area contributed by atoms with E-state index in [-0.39, 0.29) is 5.97 Å². The third kappa shape index (κ3) is 3.66. The molecule has 2 aromatic carbocycles. The Labute approximate surface area is 148 Å². The maximum absolute atomic E-state index is 11.9. The number of hydrogen-bond donors (Lipinski definition) is 0. The average molecular weight is 333 g/mol. The summed E-state index contributed by atoms with van der Waals surface area (Å²) in [5.41, 5.74) is 5.13. The number of aromatic nitrogens is 1. The van der Waals surface area contributed by atoms with Crippen molar-refractivity contribution in [3.8, 4) is 0 Å². The van der Waals surface area contributed by atoms with Crippen molar-refractivity contribution in [2.45, 2.75) is 27.3 Å². The lowest BCUT2D eigenvalue weighted by atomic mass is 10.0. The molecule has 128 valence electrons. The number of carbonyl (C=O) groups is 1. The number of nitrogens with zero attached hydrogens (tertiary/aromatic N) is 1. The van der Waals surface area contributed by atoms with Crippen molar-refractivity contribution in [1.29, 1.82) is 0 Å². The van der Waals surface area contributed by atoms with Gasteiger partial charge in [0.1, 0.15) is 0 Å². The summed E-state index contributed by atoms with van der Waals surface area (Å²) in [6.45, 7) is 6.85. The van der Waals surface area contributed by atoms with Gasteiger partial charge >= 0.3 is 5.97 Å². The Morgan fingerprint density at radius 1 is 1.04 bits per heavy atom. The number of allylic oxidation sites excluding steroid dienone is 1. The molecular formula is C22H23NO2. The largest absolute Gasteiger partial charge is 0.463 e. The third-order valence-electron chi connectivity index (χ3n) is 4.54. The van der Waals surface area contributed by atoms with E-state index < -0.39 is 0 Å². The fourth-order valence-electron chi connectivity index (χ4n) is 2.96. The first-order chi connectivity index (χ1) is 12.1. The lowest BCUT2D eigenvalue weighted by molar-refractivity contribution is -0.138. The highest BCUT2D eigenvalue weighted by molar-refractivity contribution is 5.97. The van der Waals surface area contributed by atoms with Crippen molar-refractivity contribution >= 4 is 22.4 Å². The molecule has 0 aliphatic carbocycles. The molecule has 0 amide bonds. The van der Waals surface area contributed by atoms with Crippen LogP contribution in [0.15, 0.2) is 66.4 Å². The number of carbonyl (C=O) groups excluding carboxylic acids is 1. The number of hydrogen-bond acceptors (Lipinski definition) is 2. The Balaban J connectivity index is 1.92. The van der Waals surface area contributed by atoms with E-state index in [1.54, 1.807) is 0 Å². The van der Waals surface area contributed by atoms with Crippen LogP contribution in [0.25, 0.3) is 16.5 Å². The molecule has 3 rings (SSSR count). The van der Waals surface area contributed by atoms with E-state index in [0.29, 0.717) is 12.2 Å². The van der Waals surface area contributed by atoms with Gasteiger partial charge in [-0.05, 0) is 55.7 Å². The quantitative estimate of drug-likeness (QED) is 0.483. The summed E-state index contributed by atoms with van der Waals surface area (Å²) in [5.74, 6) is -0.248. The summed E-state index contributed by atoms with van der Waals surface area (Å²) in [6, 6.07) is 18.9. The van der Waals surface area contributed by atoms with Crippen molar-refractivity contribution in [1.82, 2.24) is 4.57 Å². The molecule has 0 saturated heterocycles. The van der Waals surface area contributed by atoms with Gasteiger partial charge in [0.05, 0.1) is 6.61 Å². The standard InChI is InChI=1S/C22H23NO2/c1-4-25-22(24)17(3)16(2)19-10-11-21-20(14-19)12-13-23(21)15-18-8-6-5-7-9-18/h5-14H,4,15H2,1-3H3/b17-16+. The van der Waals surface area contributed by atoms with Gasteiger partial charge in [-0.25, -0.2) is 4.79 Å². The van der Waals surface area contributed by atoms with Crippen molar-refractivity contribution in [2.75, 3.05) is 6.61 Å². The van der Waals surface area contributed by atoms with Crippen LogP contribution in [0, 0.1) is 0 Å². The summed E-state index contributed by atoms with van der Waals surface area (Å²) in [6.07, 6.45) is 2.11. The van der Waals surface area contributed by atoms with Gasteiger partial charge in [0.15, 0.2) is 0 Å². The molecule has 25 heavy (non-hydrogen) atoms. The van der Waals surface area contributed by atoms with Gasteiger partial charge in [0.25, 0.3) is 0 Å². The van der Waals surface area contributed by atoms with Gasteiger partial charge in [-0.1, -0.05) is 36.4 Å². The molecule has 3 aromatic rings. The molecule has 0 N–H and O–H groups in total. The minimum Gasteiger partial charge on any atom is -0.463 e. The maximum atomic E-state index is 11.9. The van der Waals surface area contributed by atoms with Gasteiger partial charge in [0.2, 0.25) is 0 Å². The molecule has 0 aliphatic heterocycles. The zero-order valence-electron chi connectivity index (χ0n) is 15.0. The number of rotatable bonds is 5. The van der Waals surface area contributed by atoms with E-state index in [2.05, 4.69) is 59.3 Å². The van der Waals surface area contributed by atoms with Gasteiger partial charge in [0, 0.05) is 29.2 Å². The number of esters is 1. The number of fused-ring (bicyclic) bond motifs is 1. The Hall–Kier alpha value is -2.81. The third-order valence-corrected chi connectivity index (χ3v) is 4.54. The zero-order chi connectivity index (χ0) is 17.8. The summed E-state index contributed by atoms with van der Waals surface area (Å²) < 4.78 is 7.35. The first-order valence-corrected chi connectivity index (χ1v) is 8.58. The molecule has 0 unspecified atom stereocenters. The molecule has 0 aliphatic rings. The Kier molecular flexibility index (Phi) is 5.03. The molecule has 0 fully saturated rings. The van der Waals surface area contributed by atoms with E-state index in [1.807, 2.05) is 26.8 Å². The second-order valence-corrected chi connectivity index (χ2v) is 6.17. The Bertz CT molecular complexity index is 920. The SMILES string of the molecule is CCOC(=O)/C(C)=C(\C)c1ccc2c(ccn2Cc2ccccc2)c1. The molecule has 0 atom stereocenters. The molecule has 0 saturated carbocycles. The van der Waals surface area contributed by atoms with Gasteiger partial charge in [-0.2, -0.15) is 0 Å². The summed E-state index contributed by atoms with van der Waals surface area (Å²) in [7, 11) is 0.